The fraction of sp³-hybridized carbons (Fsp3) is 0.438. The fourth-order valence-electron chi connectivity index (χ4n) is 2.27. The van der Waals surface area contributed by atoms with Crippen LogP contribution in [0.4, 0.5) is 13.2 Å². The first-order chi connectivity index (χ1) is 11.7. The van der Waals surface area contributed by atoms with E-state index < -0.39 is 23.9 Å². The molecule has 0 aliphatic heterocycles. The lowest BCUT2D eigenvalue weighted by Gasteiger charge is -2.12. The van der Waals surface area contributed by atoms with Crippen LogP contribution in [0.2, 0.25) is 0 Å². The lowest BCUT2D eigenvalue weighted by Crippen LogP contribution is -2.37. The molecule has 1 N–H and O–H groups in total. The van der Waals surface area contributed by atoms with Gasteiger partial charge in [0, 0.05) is 11.4 Å². The summed E-state index contributed by atoms with van der Waals surface area (Å²) in [5, 5.41) is 3.18. The molecular formula is C16H15F3N2O3S. The lowest BCUT2D eigenvalue weighted by molar-refractivity contribution is -0.141. The summed E-state index contributed by atoms with van der Waals surface area (Å²) in [5.74, 6) is -1.13. The van der Waals surface area contributed by atoms with Crippen LogP contribution in [0.3, 0.4) is 0 Å². The Kier molecular flexibility index (Phi) is 4.44. The van der Waals surface area contributed by atoms with Gasteiger partial charge in [-0.1, -0.05) is 0 Å². The van der Waals surface area contributed by atoms with E-state index in [1.807, 2.05) is 0 Å². The first kappa shape index (κ1) is 17.7. The van der Waals surface area contributed by atoms with Crippen LogP contribution in [0, 0.1) is 6.92 Å². The van der Waals surface area contributed by atoms with E-state index in [-0.39, 0.29) is 21.7 Å². The number of pyridine rings is 1. The van der Waals surface area contributed by atoms with Gasteiger partial charge in [-0.15, -0.1) is 11.3 Å². The number of hydrogen-bond acceptors (Lipinski definition) is 5. The zero-order valence-corrected chi connectivity index (χ0v) is 14.3. The molecule has 5 nitrogen and oxygen atoms in total. The van der Waals surface area contributed by atoms with Gasteiger partial charge in [-0.2, -0.15) is 13.2 Å². The molecule has 9 heteroatoms. The van der Waals surface area contributed by atoms with Gasteiger partial charge in [0.2, 0.25) is 0 Å². The van der Waals surface area contributed by atoms with Gasteiger partial charge < -0.3 is 10.1 Å². The molecule has 1 atom stereocenters. The Hall–Kier alpha value is -2.16. The first-order valence-electron chi connectivity index (χ1n) is 7.65. The van der Waals surface area contributed by atoms with Crippen LogP contribution < -0.4 is 5.32 Å². The van der Waals surface area contributed by atoms with Crippen LogP contribution in [0.15, 0.2) is 12.1 Å². The second-order valence-electron chi connectivity index (χ2n) is 5.93. The average molecular weight is 372 g/mol. The highest BCUT2D eigenvalue weighted by Gasteiger charge is 2.33. The minimum atomic E-state index is -4.55. The van der Waals surface area contributed by atoms with Crippen molar-refractivity contribution in [2.24, 2.45) is 0 Å². The number of nitrogens with one attached hydrogen (secondary N) is 1. The average Bonchev–Trinajstić information content (AvgIpc) is 3.28. The number of nitrogens with zero attached hydrogens (tertiary/aromatic N) is 1. The summed E-state index contributed by atoms with van der Waals surface area (Å²) in [6.45, 7) is 3.07. The summed E-state index contributed by atoms with van der Waals surface area (Å²) < 4.78 is 43.4. The van der Waals surface area contributed by atoms with Crippen molar-refractivity contribution in [3.8, 4) is 0 Å². The summed E-state index contributed by atoms with van der Waals surface area (Å²) in [6, 6.07) is 2.31. The minimum Gasteiger partial charge on any atom is -0.448 e. The molecule has 3 rings (SSSR count). The van der Waals surface area contributed by atoms with Crippen LogP contribution in [0.5, 0.6) is 0 Å². The third-order valence-electron chi connectivity index (χ3n) is 3.86. The highest BCUT2D eigenvalue weighted by atomic mass is 32.1. The predicted octanol–water partition coefficient (Wildman–Crippen LogP) is 3.45. The summed E-state index contributed by atoms with van der Waals surface area (Å²) in [7, 11) is 0. The van der Waals surface area contributed by atoms with Crippen molar-refractivity contribution in [1.29, 1.82) is 0 Å². The molecule has 0 bridgehead atoms. The van der Waals surface area contributed by atoms with E-state index in [4.69, 9.17) is 4.74 Å². The second-order valence-corrected chi connectivity index (χ2v) is 6.93. The molecule has 0 saturated heterocycles. The Labute approximate surface area is 145 Å². The van der Waals surface area contributed by atoms with Gasteiger partial charge in [0.1, 0.15) is 15.4 Å². The van der Waals surface area contributed by atoms with E-state index in [0.29, 0.717) is 10.9 Å². The van der Waals surface area contributed by atoms with Crippen molar-refractivity contribution in [2.75, 3.05) is 0 Å². The minimum absolute atomic E-state index is 0.106. The Morgan fingerprint density at radius 2 is 2.04 bits per heavy atom. The molecule has 1 amide bonds. The number of amides is 1. The van der Waals surface area contributed by atoms with Crippen molar-refractivity contribution in [1.82, 2.24) is 10.3 Å². The number of halogens is 3. The third kappa shape index (κ3) is 3.76. The Balaban J connectivity index is 1.81. The molecule has 2 aromatic heterocycles. The monoisotopic (exact) mass is 372 g/mol. The van der Waals surface area contributed by atoms with E-state index in [0.717, 1.165) is 30.2 Å². The Morgan fingerprint density at radius 1 is 1.36 bits per heavy atom. The van der Waals surface area contributed by atoms with Gasteiger partial charge in [-0.25, -0.2) is 9.78 Å². The number of carbonyl (C=O) groups excluding carboxylic acids is 2. The molecule has 0 aromatic carbocycles. The molecule has 0 spiro atoms. The Bertz CT molecular complexity index is 843. The third-order valence-corrected chi connectivity index (χ3v) is 5.04. The number of rotatable bonds is 4. The molecule has 1 fully saturated rings. The van der Waals surface area contributed by atoms with Crippen molar-refractivity contribution in [3.63, 3.8) is 0 Å². The largest absolute Gasteiger partial charge is 0.448 e. The molecule has 134 valence electrons. The molecule has 2 heterocycles. The quantitative estimate of drug-likeness (QED) is 0.835. The summed E-state index contributed by atoms with van der Waals surface area (Å²) in [5.41, 5.74) is -0.528. The predicted molar refractivity (Wildman–Crippen MR) is 85.4 cm³/mol. The number of aromatic nitrogens is 1. The molecule has 1 saturated carbocycles. The standard InChI is InChI=1S/C16H15F3N2O3S/c1-7-10-5-6-11(16(17,18)19)21-14(10)25-12(7)15(23)24-8(2)13(22)20-9-3-4-9/h5-6,8-9H,3-4H2,1-2H3,(H,20,22)/t8-/m1/s1. The zero-order chi connectivity index (χ0) is 18.4. The topological polar surface area (TPSA) is 68.3 Å². The number of hydrogen-bond donors (Lipinski definition) is 1. The molecule has 1 aliphatic carbocycles. The van der Waals surface area contributed by atoms with Crippen molar-refractivity contribution in [2.45, 2.75) is 45.0 Å². The summed E-state index contributed by atoms with van der Waals surface area (Å²) in [4.78, 5) is 28.0. The highest BCUT2D eigenvalue weighted by Crippen LogP contribution is 2.34. The van der Waals surface area contributed by atoms with E-state index in [1.54, 1.807) is 6.92 Å². The van der Waals surface area contributed by atoms with Crippen LogP contribution in [-0.2, 0) is 15.7 Å². The molecular weight excluding hydrogens is 357 g/mol. The number of alkyl halides is 3. The highest BCUT2D eigenvalue weighted by molar-refractivity contribution is 7.20. The second kappa shape index (κ2) is 6.29. The zero-order valence-electron chi connectivity index (χ0n) is 13.4. The van der Waals surface area contributed by atoms with Gasteiger partial charge in [0.15, 0.2) is 6.10 Å². The van der Waals surface area contributed by atoms with Gasteiger partial charge in [-0.3, -0.25) is 4.79 Å². The number of aryl methyl sites for hydroxylation is 1. The number of ether oxygens (including phenoxy) is 1. The number of carbonyl (C=O) groups is 2. The van der Waals surface area contributed by atoms with E-state index in [2.05, 4.69) is 10.3 Å². The van der Waals surface area contributed by atoms with Gasteiger partial charge in [0.05, 0.1) is 0 Å². The molecule has 0 radical (unpaired) electrons. The van der Waals surface area contributed by atoms with Gasteiger partial charge >= 0.3 is 12.1 Å². The number of esters is 1. The van der Waals surface area contributed by atoms with Crippen molar-refractivity contribution in [3.05, 3.63) is 28.3 Å². The van der Waals surface area contributed by atoms with E-state index in [9.17, 15) is 22.8 Å². The van der Waals surface area contributed by atoms with Gasteiger partial charge in [-0.05, 0) is 44.4 Å². The number of thiophene rings is 1. The van der Waals surface area contributed by atoms with Crippen molar-refractivity contribution < 1.29 is 27.5 Å². The smallest absolute Gasteiger partial charge is 0.433 e. The normalized spacial score (nSPS) is 15.9. The van der Waals surface area contributed by atoms with Crippen LogP contribution in [0.25, 0.3) is 10.2 Å². The summed E-state index contributed by atoms with van der Waals surface area (Å²) in [6.07, 6.45) is -3.71. The first-order valence-corrected chi connectivity index (χ1v) is 8.47. The molecule has 0 unspecified atom stereocenters. The maximum atomic E-state index is 12.8. The maximum Gasteiger partial charge on any atom is 0.433 e. The van der Waals surface area contributed by atoms with Crippen LogP contribution >= 0.6 is 11.3 Å². The van der Waals surface area contributed by atoms with E-state index >= 15 is 0 Å². The van der Waals surface area contributed by atoms with Gasteiger partial charge in [0.25, 0.3) is 5.91 Å². The fourth-order valence-corrected chi connectivity index (χ4v) is 3.33. The molecule has 1 aliphatic rings. The van der Waals surface area contributed by atoms with Crippen molar-refractivity contribution >= 4 is 33.4 Å². The molecule has 2 aromatic rings. The summed E-state index contributed by atoms with van der Waals surface area (Å²) >= 11 is 0.825. The maximum absolute atomic E-state index is 12.8. The number of fused-ring (bicyclic) bond motifs is 1. The van der Waals surface area contributed by atoms with Crippen LogP contribution in [-0.4, -0.2) is 29.0 Å². The SMILES string of the molecule is Cc1c(C(=O)O[C@H](C)C(=O)NC2CC2)sc2nc(C(F)(F)F)ccc12. The van der Waals surface area contributed by atoms with Crippen LogP contribution in [0.1, 0.15) is 40.7 Å². The Morgan fingerprint density at radius 3 is 2.64 bits per heavy atom. The molecule has 25 heavy (non-hydrogen) atoms. The lowest BCUT2D eigenvalue weighted by atomic mass is 10.2. The van der Waals surface area contributed by atoms with E-state index in [1.165, 1.54) is 13.0 Å².